The number of halogens is 4. The van der Waals surface area contributed by atoms with E-state index in [0.29, 0.717) is 22.8 Å². The third kappa shape index (κ3) is 4.71. The summed E-state index contributed by atoms with van der Waals surface area (Å²) in [6, 6.07) is 9.65. The van der Waals surface area contributed by atoms with Gasteiger partial charge in [-0.2, -0.15) is 0 Å². The largest absolute Gasteiger partial charge is 0.322 e. The lowest BCUT2D eigenvalue weighted by molar-refractivity contribution is 0.0986. The van der Waals surface area contributed by atoms with Crippen molar-refractivity contribution >= 4 is 80.9 Å². The van der Waals surface area contributed by atoms with Crippen LogP contribution >= 0.6 is 57.7 Å². The molecule has 2 aromatic carbocycles. The Hall–Kier alpha value is -1.76. The molecule has 160 valence electrons. The van der Waals surface area contributed by atoms with E-state index >= 15 is 0 Å². The SMILES string of the molecule is O=C(Nc1ccc(C(=O)N2CCCCc3sccc32)c(Cl)c1)c1cc(Cl)cc(Cl)c1Cl. The average Bonchev–Trinajstić information content (AvgIpc) is 3.09. The smallest absolute Gasteiger partial charge is 0.259 e. The highest BCUT2D eigenvalue weighted by Crippen LogP contribution is 2.34. The van der Waals surface area contributed by atoms with E-state index in [1.54, 1.807) is 34.4 Å². The second-order valence-corrected chi connectivity index (χ2v) is 9.67. The number of nitrogens with zero attached hydrogens (tertiary/aromatic N) is 1. The van der Waals surface area contributed by atoms with Crippen molar-refractivity contribution in [3.8, 4) is 0 Å². The van der Waals surface area contributed by atoms with Gasteiger partial charge in [-0.25, -0.2) is 0 Å². The fraction of sp³-hybridized carbons (Fsp3) is 0.182. The molecule has 2 amide bonds. The predicted octanol–water partition coefficient (Wildman–Crippen LogP) is 7.60. The van der Waals surface area contributed by atoms with Crippen LogP contribution in [0.4, 0.5) is 11.4 Å². The Labute approximate surface area is 203 Å². The van der Waals surface area contributed by atoms with Crippen molar-refractivity contribution in [3.05, 3.63) is 77.9 Å². The Morgan fingerprint density at radius 3 is 2.52 bits per heavy atom. The van der Waals surface area contributed by atoms with E-state index in [-0.39, 0.29) is 26.5 Å². The molecule has 0 bridgehead atoms. The number of hydrogen-bond acceptors (Lipinski definition) is 3. The maximum absolute atomic E-state index is 13.2. The summed E-state index contributed by atoms with van der Waals surface area (Å²) >= 11 is 26.2. The fourth-order valence-corrected chi connectivity index (χ4v) is 5.35. The molecule has 1 aliphatic heterocycles. The summed E-state index contributed by atoms with van der Waals surface area (Å²) in [5.74, 6) is -0.644. The molecule has 0 unspecified atom stereocenters. The van der Waals surface area contributed by atoms with Crippen molar-refractivity contribution in [1.29, 1.82) is 0 Å². The lowest BCUT2D eigenvalue weighted by atomic mass is 10.1. The maximum Gasteiger partial charge on any atom is 0.259 e. The van der Waals surface area contributed by atoms with Gasteiger partial charge in [-0.1, -0.05) is 46.4 Å². The fourth-order valence-electron chi connectivity index (χ4n) is 3.48. The van der Waals surface area contributed by atoms with E-state index in [1.165, 1.54) is 17.0 Å². The molecule has 0 atom stereocenters. The summed E-state index contributed by atoms with van der Waals surface area (Å²) in [5, 5.41) is 5.55. The van der Waals surface area contributed by atoms with Gasteiger partial charge in [-0.3, -0.25) is 9.59 Å². The molecular formula is C22H16Cl4N2O2S. The molecule has 9 heteroatoms. The van der Waals surface area contributed by atoms with Gasteiger partial charge in [0.25, 0.3) is 11.8 Å². The number of fused-ring (bicyclic) bond motifs is 1. The van der Waals surface area contributed by atoms with Gasteiger partial charge in [-0.05, 0) is 61.0 Å². The van der Waals surface area contributed by atoms with Crippen LogP contribution in [0.5, 0.6) is 0 Å². The number of anilines is 2. The van der Waals surface area contributed by atoms with Gasteiger partial charge < -0.3 is 10.2 Å². The molecule has 1 N–H and O–H groups in total. The first-order valence-corrected chi connectivity index (χ1v) is 11.9. The van der Waals surface area contributed by atoms with E-state index in [1.807, 2.05) is 11.4 Å². The van der Waals surface area contributed by atoms with Crippen LogP contribution in [0, 0.1) is 0 Å². The number of hydrogen-bond donors (Lipinski definition) is 1. The standard InChI is InChI=1S/C22H16Cl4N2O2S/c23-12-9-15(20(26)17(25)10-12)21(29)27-13-4-5-14(16(24)11-13)22(30)28-7-2-1-3-19-18(28)6-8-31-19/h4-6,8-11H,1-3,7H2,(H,27,29). The van der Waals surface area contributed by atoms with E-state index in [4.69, 9.17) is 46.4 Å². The van der Waals surface area contributed by atoms with E-state index in [9.17, 15) is 9.59 Å². The molecule has 0 saturated carbocycles. The van der Waals surface area contributed by atoms with Crippen molar-refractivity contribution < 1.29 is 9.59 Å². The number of aryl methyl sites for hydroxylation is 1. The summed E-state index contributed by atoms with van der Waals surface area (Å²) < 4.78 is 0. The second-order valence-electron chi connectivity index (χ2n) is 7.04. The Kier molecular flexibility index (Phi) is 6.80. The summed E-state index contributed by atoms with van der Waals surface area (Å²) in [4.78, 5) is 28.8. The van der Waals surface area contributed by atoms with Gasteiger partial charge in [0.05, 0.1) is 31.9 Å². The zero-order valence-electron chi connectivity index (χ0n) is 16.1. The molecule has 31 heavy (non-hydrogen) atoms. The maximum atomic E-state index is 13.2. The molecule has 4 rings (SSSR count). The number of carbonyl (C=O) groups excluding carboxylic acids is 2. The first kappa shape index (κ1) is 22.4. The number of benzene rings is 2. The molecule has 0 spiro atoms. The van der Waals surface area contributed by atoms with Gasteiger partial charge in [0.15, 0.2) is 0 Å². The highest BCUT2D eigenvalue weighted by Gasteiger charge is 2.25. The van der Waals surface area contributed by atoms with Crippen LogP contribution in [-0.2, 0) is 6.42 Å². The first-order valence-electron chi connectivity index (χ1n) is 9.49. The van der Waals surface area contributed by atoms with Crippen molar-refractivity contribution in [2.75, 3.05) is 16.8 Å². The summed E-state index contributed by atoms with van der Waals surface area (Å²) in [5.41, 5.74) is 1.90. The molecule has 1 aliphatic rings. The normalized spacial score (nSPS) is 13.5. The zero-order valence-corrected chi connectivity index (χ0v) is 19.9. The van der Waals surface area contributed by atoms with Gasteiger partial charge in [0.1, 0.15) is 0 Å². The number of amides is 2. The van der Waals surface area contributed by atoms with Gasteiger partial charge in [0, 0.05) is 22.1 Å². The van der Waals surface area contributed by atoms with Crippen LogP contribution in [-0.4, -0.2) is 18.4 Å². The first-order chi connectivity index (χ1) is 14.8. The highest BCUT2D eigenvalue weighted by atomic mass is 35.5. The number of thiophene rings is 1. The second kappa shape index (κ2) is 9.39. The quantitative estimate of drug-likeness (QED) is 0.366. The molecule has 0 radical (unpaired) electrons. The highest BCUT2D eigenvalue weighted by molar-refractivity contribution is 7.10. The molecule has 0 aliphatic carbocycles. The van der Waals surface area contributed by atoms with E-state index in [0.717, 1.165) is 24.9 Å². The predicted molar refractivity (Wildman–Crippen MR) is 130 cm³/mol. The number of rotatable bonds is 3. The summed E-state index contributed by atoms with van der Waals surface area (Å²) in [6.07, 6.45) is 2.96. The molecule has 1 aromatic heterocycles. The number of nitrogens with one attached hydrogen (secondary N) is 1. The third-order valence-electron chi connectivity index (χ3n) is 4.99. The Morgan fingerprint density at radius 2 is 1.74 bits per heavy atom. The molecular weight excluding hydrogens is 498 g/mol. The van der Waals surface area contributed by atoms with Crippen molar-refractivity contribution in [2.24, 2.45) is 0 Å². The molecule has 0 saturated heterocycles. The summed E-state index contributed by atoms with van der Waals surface area (Å²) in [6.45, 7) is 0.644. The zero-order chi connectivity index (χ0) is 22.1. The monoisotopic (exact) mass is 512 g/mol. The summed E-state index contributed by atoms with van der Waals surface area (Å²) in [7, 11) is 0. The van der Waals surface area contributed by atoms with E-state index < -0.39 is 5.91 Å². The Balaban J connectivity index is 1.57. The van der Waals surface area contributed by atoms with Gasteiger partial charge in [-0.15, -0.1) is 11.3 Å². The Bertz CT molecular complexity index is 1180. The van der Waals surface area contributed by atoms with Gasteiger partial charge in [0.2, 0.25) is 0 Å². The third-order valence-corrected chi connectivity index (χ3v) is 7.29. The minimum absolute atomic E-state index is 0.106. The van der Waals surface area contributed by atoms with Crippen molar-refractivity contribution in [3.63, 3.8) is 0 Å². The van der Waals surface area contributed by atoms with Crippen LogP contribution in [0.25, 0.3) is 0 Å². The minimum Gasteiger partial charge on any atom is -0.322 e. The lowest BCUT2D eigenvalue weighted by Crippen LogP contribution is -2.31. The van der Waals surface area contributed by atoms with Crippen molar-refractivity contribution in [2.45, 2.75) is 19.3 Å². The molecule has 0 fully saturated rings. The van der Waals surface area contributed by atoms with Crippen molar-refractivity contribution in [1.82, 2.24) is 0 Å². The van der Waals surface area contributed by atoms with E-state index in [2.05, 4.69) is 5.32 Å². The van der Waals surface area contributed by atoms with Crippen LogP contribution in [0.15, 0.2) is 41.8 Å². The minimum atomic E-state index is -0.486. The van der Waals surface area contributed by atoms with Gasteiger partial charge >= 0.3 is 0 Å². The Morgan fingerprint density at radius 1 is 0.935 bits per heavy atom. The topological polar surface area (TPSA) is 49.4 Å². The molecule has 3 aromatic rings. The van der Waals surface area contributed by atoms with Crippen LogP contribution in [0.2, 0.25) is 20.1 Å². The lowest BCUT2D eigenvalue weighted by Gasteiger charge is -2.22. The number of carbonyl (C=O) groups is 2. The molecule has 4 nitrogen and oxygen atoms in total. The average molecular weight is 514 g/mol. The van der Waals surface area contributed by atoms with Crippen LogP contribution in [0.3, 0.4) is 0 Å². The van der Waals surface area contributed by atoms with Crippen LogP contribution < -0.4 is 10.2 Å². The molecule has 2 heterocycles. The van der Waals surface area contributed by atoms with Crippen LogP contribution in [0.1, 0.15) is 38.4 Å².